The van der Waals surface area contributed by atoms with Crippen LogP contribution < -0.4 is 10.6 Å². The number of fused-ring (bicyclic) bond motifs is 1. The maximum absolute atomic E-state index is 12.5. The first-order chi connectivity index (χ1) is 12.4. The third-order valence-corrected chi connectivity index (χ3v) is 4.76. The molecule has 0 aliphatic heterocycles. The zero-order valence-electron chi connectivity index (χ0n) is 13.6. The van der Waals surface area contributed by atoms with Gasteiger partial charge in [-0.1, -0.05) is 24.3 Å². The molecule has 0 atom stereocenters. The summed E-state index contributed by atoms with van der Waals surface area (Å²) in [6, 6.07) is 12.3. The molecule has 0 saturated heterocycles. The minimum Gasteiger partial charge on any atom is -0.338 e. The number of urea groups is 1. The molecule has 2 amide bonds. The van der Waals surface area contributed by atoms with Crippen molar-refractivity contribution in [1.29, 1.82) is 0 Å². The number of amides is 2. The highest BCUT2D eigenvalue weighted by Crippen LogP contribution is 2.29. The molecular weight excluding hydrogens is 363 g/mol. The predicted molar refractivity (Wildman–Crippen MR) is 95.0 cm³/mol. The van der Waals surface area contributed by atoms with Gasteiger partial charge in [0.1, 0.15) is 5.01 Å². The third-order valence-electron chi connectivity index (χ3n) is 3.72. The number of rotatable bonds is 5. The lowest BCUT2D eigenvalue weighted by Gasteiger charge is -2.09. The van der Waals surface area contributed by atoms with Gasteiger partial charge in [0, 0.05) is 6.54 Å². The zero-order chi connectivity index (χ0) is 18.6. The molecule has 0 radical (unpaired) electrons. The lowest BCUT2D eigenvalue weighted by Crippen LogP contribution is -2.36. The fraction of sp³-hybridized carbons (Fsp3) is 0.222. The SMILES string of the molecule is O=C(NCCc1ccc(C(F)(F)F)cc1)NCc1nc2ccccc2s1. The lowest BCUT2D eigenvalue weighted by atomic mass is 10.1. The van der Waals surface area contributed by atoms with Gasteiger partial charge >= 0.3 is 12.2 Å². The molecule has 8 heteroatoms. The van der Waals surface area contributed by atoms with Crippen molar-refractivity contribution in [2.45, 2.75) is 19.1 Å². The van der Waals surface area contributed by atoms with E-state index < -0.39 is 11.7 Å². The van der Waals surface area contributed by atoms with Crippen molar-refractivity contribution >= 4 is 27.6 Å². The number of thiazole rings is 1. The Morgan fingerprint density at radius 2 is 1.77 bits per heavy atom. The van der Waals surface area contributed by atoms with Crippen molar-refractivity contribution in [3.63, 3.8) is 0 Å². The minimum absolute atomic E-state index is 0.325. The number of alkyl halides is 3. The molecule has 0 unspecified atom stereocenters. The van der Waals surface area contributed by atoms with Crippen LogP contribution in [0.3, 0.4) is 0 Å². The summed E-state index contributed by atoms with van der Waals surface area (Å²) < 4.78 is 38.6. The molecule has 0 aliphatic rings. The van der Waals surface area contributed by atoms with Gasteiger partial charge in [-0.3, -0.25) is 0 Å². The number of aromatic nitrogens is 1. The van der Waals surface area contributed by atoms with Crippen LogP contribution in [-0.4, -0.2) is 17.6 Å². The molecule has 136 valence electrons. The number of hydrogen-bond donors (Lipinski definition) is 2. The second kappa shape index (κ2) is 7.74. The van der Waals surface area contributed by atoms with Crippen molar-refractivity contribution < 1.29 is 18.0 Å². The molecular formula is C18H16F3N3OS. The molecule has 0 bridgehead atoms. The summed E-state index contributed by atoms with van der Waals surface area (Å²) in [5, 5.41) is 6.22. The van der Waals surface area contributed by atoms with E-state index in [1.807, 2.05) is 24.3 Å². The number of nitrogens with zero attached hydrogens (tertiary/aromatic N) is 1. The van der Waals surface area contributed by atoms with Crippen LogP contribution in [-0.2, 0) is 19.1 Å². The Balaban J connectivity index is 1.42. The average molecular weight is 379 g/mol. The van der Waals surface area contributed by atoms with E-state index in [1.165, 1.54) is 23.5 Å². The van der Waals surface area contributed by atoms with Crippen LogP contribution in [0.5, 0.6) is 0 Å². The summed E-state index contributed by atoms with van der Waals surface area (Å²) in [6.07, 6.45) is -3.88. The maximum Gasteiger partial charge on any atom is 0.416 e. The number of para-hydroxylation sites is 1. The van der Waals surface area contributed by atoms with Gasteiger partial charge in [0.05, 0.1) is 22.3 Å². The van der Waals surface area contributed by atoms with E-state index in [0.717, 1.165) is 32.9 Å². The predicted octanol–water partition coefficient (Wildman–Crippen LogP) is 4.36. The van der Waals surface area contributed by atoms with Gasteiger partial charge < -0.3 is 10.6 Å². The monoisotopic (exact) mass is 379 g/mol. The van der Waals surface area contributed by atoms with Crippen LogP contribution in [0.2, 0.25) is 0 Å². The van der Waals surface area contributed by atoms with Crippen molar-refractivity contribution in [2.24, 2.45) is 0 Å². The molecule has 4 nitrogen and oxygen atoms in total. The highest BCUT2D eigenvalue weighted by atomic mass is 32.1. The number of nitrogens with one attached hydrogen (secondary N) is 2. The highest BCUT2D eigenvalue weighted by Gasteiger charge is 2.29. The van der Waals surface area contributed by atoms with Gasteiger partial charge in [0.15, 0.2) is 0 Å². The Labute approximate surface area is 152 Å². The van der Waals surface area contributed by atoms with Crippen molar-refractivity contribution in [3.8, 4) is 0 Å². The number of halogens is 3. The molecule has 2 aromatic carbocycles. The summed E-state index contributed by atoms with van der Waals surface area (Å²) in [5.74, 6) is 0. The average Bonchev–Trinajstić information content (AvgIpc) is 3.03. The molecule has 0 spiro atoms. The first-order valence-electron chi connectivity index (χ1n) is 7.94. The molecule has 3 aromatic rings. The Morgan fingerprint density at radius 1 is 1.04 bits per heavy atom. The second-order valence-electron chi connectivity index (χ2n) is 5.63. The fourth-order valence-corrected chi connectivity index (χ4v) is 3.30. The Kier molecular flexibility index (Phi) is 5.41. The first-order valence-corrected chi connectivity index (χ1v) is 8.76. The Morgan fingerprint density at radius 3 is 2.46 bits per heavy atom. The van der Waals surface area contributed by atoms with Crippen molar-refractivity contribution in [1.82, 2.24) is 15.6 Å². The zero-order valence-corrected chi connectivity index (χ0v) is 14.5. The lowest BCUT2D eigenvalue weighted by molar-refractivity contribution is -0.137. The van der Waals surface area contributed by atoms with Crippen LogP contribution >= 0.6 is 11.3 Å². The Hall–Kier alpha value is -2.61. The minimum atomic E-state index is -4.34. The number of carbonyl (C=O) groups excluding carboxylic acids is 1. The van der Waals surface area contributed by atoms with Crippen LogP contribution in [0.15, 0.2) is 48.5 Å². The standard InChI is InChI=1S/C18H16F3N3OS/c19-18(20,21)13-7-5-12(6-8-13)9-10-22-17(25)23-11-16-24-14-3-1-2-4-15(14)26-16/h1-8H,9-11H2,(H2,22,23,25). The van der Waals surface area contributed by atoms with Crippen LogP contribution in [0.1, 0.15) is 16.1 Å². The summed E-state index contributed by atoms with van der Waals surface area (Å²) in [6.45, 7) is 0.655. The van der Waals surface area contributed by atoms with Gasteiger partial charge in [-0.2, -0.15) is 13.2 Å². The molecule has 0 fully saturated rings. The smallest absolute Gasteiger partial charge is 0.338 e. The molecule has 1 aromatic heterocycles. The number of carbonyl (C=O) groups is 1. The summed E-state index contributed by atoms with van der Waals surface area (Å²) in [5.41, 5.74) is 0.948. The van der Waals surface area contributed by atoms with Gasteiger partial charge in [-0.05, 0) is 36.2 Å². The van der Waals surface area contributed by atoms with Gasteiger partial charge in [-0.15, -0.1) is 11.3 Å². The third kappa shape index (κ3) is 4.72. The summed E-state index contributed by atoms with van der Waals surface area (Å²) in [4.78, 5) is 16.2. The molecule has 2 N–H and O–H groups in total. The topological polar surface area (TPSA) is 54.0 Å². The van der Waals surface area contributed by atoms with Crippen molar-refractivity contribution in [3.05, 3.63) is 64.7 Å². The Bertz CT molecular complexity index is 858. The van der Waals surface area contributed by atoms with Gasteiger partial charge in [-0.25, -0.2) is 9.78 Å². The van der Waals surface area contributed by atoms with Crippen molar-refractivity contribution in [2.75, 3.05) is 6.54 Å². The van der Waals surface area contributed by atoms with Crippen LogP contribution in [0, 0.1) is 0 Å². The van der Waals surface area contributed by atoms with E-state index in [-0.39, 0.29) is 6.03 Å². The van der Waals surface area contributed by atoms with E-state index in [2.05, 4.69) is 15.6 Å². The largest absolute Gasteiger partial charge is 0.416 e. The maximum atomic E-state index is 12.5. The van der Waals surface area contributed by atoms with E-state index in [0.29, 0.717) is 19.5 Å². The van der Waals surface area contributed by atoms with E-state index in [4.69, 9.17) is 0 Å². The van der Waals surface area contributed by atoms with Gasteiger partial charge in [0.2, 0.25) is 0 Å². The van der Waals surface area contributed by atoms with Gasteiger partial charge in [0.25, 0.3) is 0 Å². The molecule has 3 rings (SSSR count). The summed E-state index contributed by atoms with van der Waals surface area (Å²) in [7, 11) is 0. The quantitative estimate of drug-likeness (QED) is 0.692. The first kappa shape index (κ1) is 18.2. The number of hydrogen-bond acceptors (Lipinski definition) is 3. The second-order valence-corrected chi connectivity index (χ2v) is 6.74. The molecule has 0 saturated carbocycles. The molecule has 26 heavy (non-hydrogen) atoms. The normalized spacial score (nSPS) is 11.5. The van der Waals surface area contributed by atoms with E-state index >= 15 is 0 Å². The molecule has 0 aliphatic carbocycles. The molecule has 1 heterocycles. The summed E-state index contributed by atoms with van der Waals surface area (Å²) >= 11 is 1.52. The van der Waals surface area contributed by atoms with Crippen LogP contribution in [0.4, 0.5) is 18.0 Å². The fourth-order valence-electron chi connectivity index (χ4n) is 2.39. The van der Waals surface area contributed by atoms with Crippen LogP contribution in [0.25, 0.3) is 10.2 Å². The highest BCUT2D eigenvalue weighted by molar-refractivity contribution is 7.18. The number of benzene rings is 2. The van der Waals surface area contributed by atoms with E-state index in [9.17, 15) is 18.0 Å². The van der Waals surface area contributed by atoms with E-state index in [1.54, 1.807) is 0 Å².